The minimum Gasteiger partial charge on any atom is -0.355 e. The molecular weight excluding hydrogens is 362 g/mol. The summed E-state index contributed by atoms with van der Waals surface area (Å²) in [5.41, 5.74) is 11.2. The molecule has 1 aliphatic rings. The van der Waals surface area contributed by atoms with Gasteiger partial charge in [-0.3, -0.25) is 0 Å². The van der Waals surface area contributed by atoms with Crippen molar-refractivity contribution in [3.8, 4) is 11.1 Å². The van der Waals surface area contributed by atoms with Crippen LogP contribution in [-0.2, 0) is 5.41 Å². The lowest BCUT2D eigenvalue weighted by atomic mass is 9.82. The highest BCUT2D eigenvalue weighted by Gasteiger charge is 2.35. The van der Waals surface area contributed by atoms with Gasteiger partial charge in [-0.1, -0.05) is 94.0 Å². The molecule has 1 heteroatoms. The number of rotatable bonds is 6. The first-order valence-corrected chi connectivity index (χ1v) is 10.9. The lowest BCUT2D eigenvalue weighted by Gasteiger charge is -2.22. The van der Waals surface area contributed by atoms with Crippen LogP contribution in [0.3, 0.4) is 0 Å². The summed E-state index contributed by atoms with van der Waals surface area (Å²) in [6.07, 6.45) is 6.57. The Bertz CT molecular complexity index is 1130. The monoisotopic (exact) mass is 393 g/mol. The van der Waals surface area contributed by atoms with Gasteiger partial charge in [-0.05, 0) is 59.4 Å². The van der Waals surface area contributed by atoms with Crippen LogP contribution in [0.5, 0.6) is 0 Å². The van der Waals surface area contributed by atoms with Gasteiger partial charge in [-0.25, -0.2) is 0 Å². The molecular formula is C29H31N. The van der Waals surface area contributed by atoms with Crippen molar-refractivity contribution in [2.24, 2.45) is 0 Å². The Kier molecular flexibility index (Phi) is 5.39. The first kappa shape index (κ1) is 20.2. The van der Waals surface area contributed by atoms with Crippen molar-refractivity contribution in [2.75, 3.05) is 5.32 Å². The predicted molar refractivity (Wildman–Crippen MR) is 132 cm³/mol. The number of allylic oxidation sites excluding steroid dienone is 3. The molecule has 0 aromatic heterocycles. The van der Waals surface area contributed by atoms with Crippen LogP contribution in [0.15, 0.2) is 79.4 Å². The standard InChI is InChI=1S/C29H31N/c1-6-7-8-11-21(3)23-12-9-10-13-28(23)30-22-15-17-25-24-16-14-20(2)18-26(24)29(4,5)27(25)19-22/h8-19,30H,3,6-7H2,1-2,4-5H3/b11-8-. The van der Waals surface area contributed by atoms with Crippen molar-refractivity contribution in [2.45, 2.75) is 46.0 Å². The summed E-state index contributed by atoms with van der Waals surface area (Å²) in [5, 5.41) is 3.65. The molecule has 0 saturated carbocycles. The van der Waals surface area contributed by atoms with E-state index >= 15 is 0 Å². The van der Waals surface area contributed by atoms with Gasteiger partial charge >= 0.3 is 0 Å². The number of benzene rings is 3. The second-order valence-corrected chi connectivity index (χ2v) is 8.82. The first-order valence-electron chi connectivity index (χ1n) is 10.9. The maximum Gasteiger partial charge on any atom is 0.0463 e. The summed E-state index contributed by atoms with van der Waals surface area (Å²) in [4.78, 5) is 0. The van der Waals surface area contributed by atoms with Crippen LogP contribution in [-0.4, -0.2) is 0 Å². The van der Waals surface area contributed by atoms with E-state index in [9.17, 15) is 0 Å². The van der Waals surface area contributed by atoms with E-state index in [2.05, 4.69) is 112 Å². The molecule has 1 aliphatic carbocycles. The highest BCUT2D eigenvalue weighted by atomic mass is 14.9. The van der Waals surface area contributed by atoms with Gasteiger partial charge in [0.15, 0.2) is 0 Å². The van der Waals surface area contributed by atoms with E-state index < -0.39 is 0 Å². The molecule has 0 aliphatic heterocycles. The van der Waals surface area contributed by atoms with Crippen LogP contribution in [0, 0.1) is 6.92 Å². The fourth-order valence-electron chi connectivity index (χ4n) is 4.44. The van der Waals surface area contributed by atoms with Crippen LogP contribution in [0.2, 0.25) is 0 Å². The molecule has 4 rings (SSSR count). The van der Waals surface area contributed by atoms with E-state index in [1.165, 1.54) is 27.8 Å². The number of unbranched alkanes of at least 4 members (excludes halogenated alkanes) is 1. The zero-order chi connectivity index (χ0) is 21.3. The maximum absolute atomic E-state index is 4.29. The molecule has 0 bridgehead atoms. The molecule has 0 unspecified atom stereocenters. The molecule has 0 saturated heterocycles. The van der Waals surface area contributed by atoms with Gasteiger partial charge in [0.1, 0.15) is 0 Å². The van der Waals surface area contributed by atoms with Crippen LogP contribution >= 0.6 is 0 Å². The van der Waals surface area contributed by atoms with Crippen molar-refractivity contribution < 1.29 is 0 Å². The van der Waals surface area contributed by atoms with Crippen molar-refractivity contribution in [1.82, 2.24) is 0 Å². The molecule has 3 aromatic rings. The van der Waals surface area contributed by atoms with Crippen LogP contribution in [0.25, 0.3) is 16.7 Å². The second kappa shape index (κ2) is 7.99. The third-order valence-electron chi connectivity index (χ3n) is 6.16. The topological polar surface area (TPSA) is 12.0 Å². The summed E-state index contributed by atoms with van der Waals surface area (Å²) in [5.74, 6) is 0. The fourth-order valence-corrected chi connectivity index (χ4v) is 4.44. The molecule has 152 valence electrons. The van der Waals surface area contributed by atoms with Crippen molar-refractivity contribution in [3.63, 3.8) is 0 Å². The minimum atomic E-state index is 0.000379. The van der Waals surface area contributed by atoms with Gasteiger partial charge in [-0.15, -0.1) is 0 Å². The summed E-state index contributed by atoms with van der Waals surface area (Å²) in [7, 11) is 0. The Labute approximate surface area is 181 Å². The third kappa shape index (κ3) is 3.61. The van der Waals surface area contributed by atoms with E-state index in [4.69, 9.17) is 0 Å². The largest absolute Gasteiger partial charge is 0.355 e. The van der Waals surface area contributed by atoms with Gasteiger partial charge in [0.25, 0.3) is 0 Å². The zero-order valence-electron chi connectivity index (χ0n) is 18.5. The molecule has 1 nitrogen and oxygen atoms in total. The summed E-state index contributed by atoms with van der Waals surface area (Å²) in [6, 6.07) is 22.0. The average Bonchev–Trinajstić information content (AvgIpc) is 2.95. The smallest absolute Gasteiger partial charge is 0.0463 e. The lowest BCUT2D eigenvalue weighted by Crippen LogP contribution is -2.15. The van der Waals surface area contributed by atoms with Gasteiger partial charge in [-0.2, -0.15) is 0 Å². The van der Waals surface area contributed by atoms with E-state index in [0.717, 1.165) is 35.4 Å². The molecule has 1 N–H and O–H groups in total. The molecule has 0 radical (unpaired) electrons. The Balaban J connectivity index is 1.67. The van der Waals surface area contributed by atoms with Crippen LogP contribution in [0.1, 0.15) is 55.9 Å². The van der Waals surface area contributed by atoms with Gasteiger partial charge in [0.05, 0.1) is 0 Å². The van der Waals surface area contributed by atoms with E-state index in [1.807, 2.05) is 0 Å². The number of fused-ring (bicyclic) bond motifs is 3. The molecule has 30 heavy (non-hydrogen) atoms. The highest BCUT2D eigenvalue weighted by Crippen LogP contribution is 2.49. The Morgan fingerprint density at radius 2 is 1.67 bits per heavy atom. The number of anilines is 2. The molecule has 3 aromatic carbocycles. The Morgan fingerprint density at radius 3 is 2.43 bits per heavy atom. The second-order valence-electron chi connectivity index (χ2n) is 8.82. The highest BCUT2D eigenvalue weighted by molar-refractivity contribution is 5.85. The maximum atomic E-state index is 4.29. The zero-order valence-corrected chi connectivity index (χ0v) is 18.5. The Hall–Kier alpha value is -3.06. The summed E-state index contributed by atoms with van der Waals surface area (Å²) < 4.78 is 0. The van der Waals surface area contributed by atoms with Crippen molar-refractivity contribution >= 4 is 16.9 Å². The van der Waals surface area contributed by atoms with Gasteiger partial charge in [0, 0.05) is 22.4 Å². The van der Waals surface area contributed by atoms with Crippen LogP contribution in [0.4, 0.5) is 11.4 Å². The predicted octanol–water partition coefficient (Wildman–Crippen LogP) is 8.41. The quantitative estimate of drug-likeness (QED) is 0.414. The van der Waals surface area contributed by atoms with Gasteiger partial charge in [0.2, 0.25) is 0 Å². The molecule has 0 amide bonds. The molecule has 0 atom stereocenters. The summed E-state index contributed by atoms with van der Waals surface area (Å²) in [6.45, 7) is 13.3. The average molecular weight is 394 g/mol. The summed E-state index contributed by atoms with van der Waals surface area (Å²) >= 11 is 0. The molecule has 0 heterocycles. The molecule has 0 fully saturated rings. The van der Waals surface area contributed by atoms with Crippen LogP contribution < -0.4 is 5.32 Å². The SMILES string of the molecule is C=C(/C=C\CCC)c1ccccc1Nc1ccc2c(c1)C(C)(C)c1cc(C)ccc1-2. The number of para-hydroxylation sites is 1. The first-order chi connectivity index (χ1) is 14.4. The Morgan fingerprint density at radius 1 is 0.967 bits per heavy atom. The van der Waals surface area contributed by atoms with Crippen molar-refractivity contribution in [3.05, 3.63) is 102 Å². The number of nitrogens with one attached hydrogen (secondary N) is 1. The normalized spacial score (nSPS) is 13.9. The third-order valence-corrected chi connectivity index (χ3v) is 6.16. The van der Waals surface area contributed by atoms with Gasteiger partial charge < -0.3 is 5.32 Å². The number of hydrogen-bond donors (Lipinski definition) is 1. The molecule has 0 spiro atoms. The minimum absolute atomic E-state index is 0.000379. The van der Waals surface area contributed by atoms with E-state index in [1.54, 1.807) is 0 Å². The number of aryl methyl sites for hydroxylation is 1. The van der Waals surface area contributed by atoms with Crippen molar-refractivity contribution in [1.29, 1.82) is 0 Å². The van der Waals surface area contributed by atoms with E-state index in [0.29, 0.717) is 0 Å². The number of hydrogen-bond acceptors (Lipinski definition) is 1. The lowest BCUT2D eigenvalue weighted by molar-refractivity contribution is 0.660. The fraction of sp³-hybridized carbons (Fsp3) is 0.241. The van der Waals surface area contributed by atoms with E-state index in [-0.39, 0.29) is 5.41 Å².